The third-order valence-corrected chi connectivity index (χ3v) is 5.13. The first-order valence-electron chi connectivity index (χ1n) is 8.69. The fraction of sp³-hybridized carbons (Fsp3) is 0.500. The molecule has 0 unspecified atom stereocenters. The van der Waals surface area contributed by atoms with E-state index < -0.39 is 0 Å². The summed E-state index contributed by atoms with van der Waals surface area (Å²) in [6, 6.07) is 3.55. The van der Waals surface area contributed by atoms with Crippen LogP contribution in [-0.2, 0) is 18.3 Å². The van der Waals surface area contributed by atoms with E-state index >= 15 is 0 Å². The molecule has 25 heavy (non-hydrogen) atoms. The number of aryl methyl sites for hydroxylation is 1. The summed E-state index contributed by atoms with van der Waals surface area (Å²) in [5, 5.41) is 7.26. The van der Waals surface area contributed by atoms with Crippen molar-refractivity contribution in [1.29, 1.82) is 0 Å². The number of hydrogen-bond acceptors (Lipinski definition) is 5. The molecular formula is C18H23N5O2. The molecule has 132 valence electrons. The Kier molecular flexibility index (Phi) is 4.50. The highest BCUT2D eigenvalue weighted by molar-refractivity contribution is 5.93. The lowest BCUT2D eigenvalue weighted by Crippen LogP contribution is -2.34. The molecular weight excluding hydrogens is 318 g/mol. The van der Waals surface area contributed by atoms with E-state index in [4.69, 9.17) is 4.74 Å². The number of aromatic nitrogens is 3. The van der Waals surface area contributed by atoms with Gasteiger partial charge in [-0.3, -0.25) is 19.4 Å². The zero-order valence-corrected chi connectivity index (χ0v) is 14.3. The maximum Gasteiger partial charge on any atom is 0.252 e. The number of carbonyl (C=O) groups is 1. The Hall–Kier alpha value is -2.25. The Balaban J connectivity index is 1.30. The van der Waals surface area contributed by atoms with Crippen molar-refractivity contribution in [1.82, 2.24) is 25.0 Å². The molecule has 2 aliphatic heterocycles. The molecule has 0 radical (unpaired) electrons. The Labute approximate surface area is 147 Å². The molecule has 2 saturated heterocycles. The van der Waals surface area contributed by atoms with Gasteiger partial charge in [-0.15, -0.1) is 0 Å². The van der Waals surface area contributed by atoms with Gasteiger partial charge in [0.2, 0.25) is 0 Å². The number of nitrogens with zero attached hydrogens (tertiary/aromatic N) is 4. The van der Waals surface area contributed by atoms with Crippen molar-refractivity contribution >= 4 is 5.91 Å². The van der Waals surface area contributed by atoms with Gasteiger partial charge in [-0.1, -0.05) is 0 Å². The van der Waals surface area contributed by atoms with Crippen molar-refractivity contribution in [3.63, 3.8) is 0 Å². The highest BCUT2D eigenvalue weighted by Gasteiger charge is 2.43. The summed E-state index contributed by atoms with van der Waals surface area (Å²) in [6.07, 6.45) is 7.51. The van der Waals surface area contributed by atoms with E-state index in [1.807, 2.05) is 17.9 Å². The van der Waals surface area contributed by atoms with Gasteiger partial charge in [0.15, 0.2) is 0 Å². The second-order valence-electron chi connectivity index (χ2n) is 6.96. The van der Waals surface area contributed by atoms with Crippen molar-refractivity contribution in [2.75, 3.05) is 26.2 Å². The maximum absolute atomic E-state index is 12.2. The number of fused-ring (bicyclic) bond motifs is 1. The lowest BCUT2D eigenvalue weighted by molar-refractivity contribution is 0.0903. The van der Waals surface area contributed by atoms with Crippen molar-refractivity contribution in [3.05, 3.63) is 48.0 Å². The van der Waals surface area contributed by atoms with Crippen LogP contribution in [0.3, 0.4) is 0 Å². The van der Waals surface area contributed by atoms with Crippen LogP contribution in [-0.4, -0.2) is 57.9 Å². The third kappa shape index (κ3) is 3.57. The second-order valence-corrected chi connectivity index (χ2v) is 6.96. The van der Waals surface area contributed by atoms with Crippen LogP contribution in [0.5, 0.6) is 0 Å². The van der Waals surface area contributed by atoms with Crippen LogP contribution < -0.4 is 5.32 Å². The van der Waals surface area contributed by atoms with Crippen LogP contribution >= 0.6 is 0 Å². The van der Waals surface area contributed by atoms with Crippen LogP contribution in [0, 0.1) is 11.8 Å². The Morgan fingerprint density at radius 3 is 3.08 bits per heavy atom. The monoisotopic (exact) mass is 341 g/mol. The summed E-state index contributed by atoms with van der Waals surface area (Å²) in [5.41, 5.74) is 1.83. The average molecular weight is 341 g/mol. The van der Waals surface area contributed by atoms with Crippen molar-refractivity contribution in [2.24, 2.45) is 18.9 Å². The standard InChI is InChI=1S/C18H23N5O2/c1-22-8-13(5-21-22)9-23-10-16-15(12-25-17(16)11-23)7-20-18(24)14-3-2-4-19-6-14/h2-6,8,15-17H,7,9-12H2,1H3,(H,20,24)/t15-,16+,17+/m0/s1. The van der Waals surface area contributed by atoms with E-state index in [2.05, 4.69) is 26.5 Å². The quantitative estimate of drug-likeness (QED) is 0.866. The topological polar surface area (TPSA) is 72.3 Å². The Bertz CT molecular complexity index is 732. The molecule has 0 spiro atoms. The minimum absolute atomic E-state index is 0.0678. The number of likely N-dealkylation sites (tertiary alicyclic amines) is 1. The van der Waals surface area contributed by atoms with Crippen molar-refractivity contribution in [3.8, 4) is 0 Å². The van der Waals surface area contributed by atoms with Gasteiger partial charge >= 0.3 is 0 Å². The van der Waals surface area contributed by atoms with E-state index in [9.17, 15) is 4.79 Å². The van der Waals surface area contributed by atoms with Crippen LogP contribution in [0.2, 0.25) is 0 Å². The molecule has 3 atom stereocenters. The zero-order valence-electron chi connectivity index (χ0n) is 14.3. The lowest BCUT2D eigenvalue weighted by atomic mass is 9.93. The molecule has 0 saturated carbocycles. The highest BCUT2D eigenvalue weighted by atomic mass is 16.5. The van der Waals surface area contributed by atoms with Crippen LogP contribution in [0.4, 0.5) is 0 Å². The second kappa shape index (κ2) is 6.93. The van der Waals surface area contributed by atoms with Gasteiger partial charge < -0.3 is 10.1 Å². The van der Waals surface area contributed by atoms with E-state index in [1.54, 1.807) is 24.5 Å². The minimum Gasteiger partial charge on any atom is -0.376 e. The smallest absolute Gasteiger partial charge is 0.252 e. The molecule has 7 heteroatoms. The van der Waals surface area contributed by atoms with Gasteiger partial charge in [0.05, 0.1) is 24.5 Å². The molecule has 2 aromatic heterocycles. The molecule has 2 fully saturated rings. The summed E-state index contributed by atoms with van der Waals surface area (Å²) < 4.78 is 7.81. The first-order chi connectivity index (χ1) is 12.2. The molecule has 0 aliphatic carbocycles. The number of rotatable bonds is 5. The fourth-order valence-corrected chi connectivity index (χ4v) is 3.85. The molecule has 1 N–H and O–H groups in total. The number of carbonyl (C=O) groups excluding carboxylic acids is 1. The van der Waals surface area contributed by atoms with Gasteiger partial charge in [0, 0.05) is 69.2 Å². The summed E-state index contributed by atoms with van der Waals surface area (Å²) in [7, 11) is 1.94. The summed E-state index contributed by atoms with van der Waals surface area (Å²) in [4.78, 5) is 18.6. The third-order valence-electron chi connectivity index (χ3n) is 5.13. The summed E-state index contributed by atoms with van der Waals surface area (Å²) in [6.45, 7) is 4.23. The van der Waals surface area contributed by atoms with Crippen LogP contribution in [0.15, 0.2) is 36.9 Å². The van der Waals surface area contributed by atoms with Crippen LogP contribution in [0.25, 0.3) is 0 Å². The molecule has 1 amide bonds. The normalized spacial score (nSPS) is 25.9. The average Bonchev–Trinajstić information content (AvgIpc) is 3.30. The van der Waals surface area contributed by atoms with E-state index in [0.29, 0.717) is 23.9 Å². The molecule has 2 aliphatic rings. The van der Waals surface area contributed by atoms with E-state index in [0.717, 1.165) is 26.2 Å². The molecule has 0 aromatic carbocycles. The minimum atomic E-state index is -0.0678. The molecule has 0 bridgehead atoms. The number of ether oxygens (including phenoxy) is 1. The SMILES string of the molecule is Cn1cc(CN2C[C@@H]3[C@@H](CNC(=O)c4cccnc4)CO[C@@H]3C2)cn1. The van der Waals surface area contributed by atoms with Gasteiger partial charge in [-0.25, -0.2) is 0 Å². The summed E-state index contributed by atoms with van der Waals surface area (Å²) in [5.74, 6) is 0.775. The Morgan fingerprint density at radius 2 is 2.32 bits per heavy atom. The Morgan fingerprint density at radius 1 is 1.40 bits per heavy atom. The van der Waals surface area contributed by atoms with Gasteiger partial charge in [-0.05, 0) is 12.1 Å². The predicted molar refractivity (Wildman–Crippen MR) is 91.8 cm³/mol. The van der Waals surface area contributed by atoms with Crippen molar-refractivity contribution in [2.45, 2.75) is 12.6 Å². The number of nitrogens with one attached hydrogen (secondary N) is 1. The van der Waals surface area contributed by atoms with E-state index in [-0.39, 0.29) is 12.0 Å². The number of hydrogen-bond donors (Lipinski definition) is 1. The van der Waals surface area contributed by atoms with Gasteiger partial charge in [-0.2, -0.15) is 5.10 Å². The van der Waals surface area contributed by atoms with Crippen molar-refractivity contribution < 1.29 is 9.53 Å². The van der Waals surface area contributed by atoms with Gasteiger partial charge in [0.1, 0.15) is 0 Å². The molecule has 7 nitrogen and oxygen atoms in total. The largest absolute Gasteiger partial charge is 0.376 e. The first-order valence-corrected chi connectivity index (χ1v) is 8.69. The first kappa shape index (κ1) is 16.2. The number of amides is 1. The lowest BCUT2D eigenvalue weighted by Gasteiger charge is -2.19. The maximum atomic E-state index is 12.2. The molecule has 4 rings (SSSR count). The van der Waals surface area contributed by atoms with Crippen LogP contribution in [0.1, 0.15) is 15.9 Å². The summed E-state index contributed by atoms with van der Waals surface area (Å²) >= 11 is 0. The highest BCUT2D eigenvalue weighted by Crippen LogP contribution is 2.34. The van der Waals surface area contributed by atoms with Gasteiger partial charge in [0.25, 0.3) is 5.91 Å². The fourth-order valence-electron chi connectivity index (χ4n) is 3.85. The molecule has 2 aromatic rings. The number of pyridine rings is 1. The molecule has 4 heterocycles. The zero-order chi connectivity index (χ0) is 17.2. The van der Waals surface area contributed by atoms with E-state index in [1.165, 1.54) is 5.56 Å². The predicted octanol–water partition coefficient (Wildman–Crippen LogP) is 0.692.